The molecule has 4 heterocycles. The third kappa shape index (κ3) is 8.20. The van der Waals surface area contributed by atoms with Crippen molar-refractivity contribution < 1.29 is 33.3 Å². The fourth-order valence-corrected chi connectivity index (χ4v) is 5.71. The number of likely N-dealkylation sites (tertiary alicyclic amines) is 1. The molecule has 12 heteroatoms. The average molecular weight is 620 g/mol. The fraction of sp³-hybridized carbons (Fsp3) is 0.455. The van der Waals surface area contributed by atoms with Crippen LogP contribution in [-0.2, 0) is 39.1 Å². The van der Waals surface area contributed by atoms with Gasteiger partial charge in [-0.3, -0.25) is 19.1 Å². The number of carbonyl (C=O) groups is 3. The quantitative estimate of drug-likeness (QED) is 0.418. The molecule has 3 aliphatic heterocycles. The van der Waals surface area contributed by atoms with E-state index in [4.69, 9.17) is 18.9 Å². The zero-order valence-corrected chi connectivity index (χ0v) is 26.1. The molecule has 0 saturated carbocycles. The number of hydrogen-bond acceptors (Lipinski definition) is 8. The number of methoxy groups -OCH3 is 2. The Morgan fingerprint density at radius 1 is 1.09 bits per heavy atom. The maximum Gasteiger partial charge on any atom is 0.272 e. The van der Waals surface area contributed by atoms with Crippen molar-refractivity contribution in [2.45, 2.75) is 44.4 Å². The zero-order valence-electron chi connectivity index (χ0n) is 26.1. The number of ether oxygens (including phenoxy) is 4. The first-order chi connectivity index (χ1) is 21.8. The molecule has 45 heavy (non-hydrogen) atoms. The van der Waals surface area contributed by atoms with Crippen LogP contribution in [0.2, 0.25) is 0 Å². The minimum Gasteiger partial charge on any atom is -0.493 e. The van der Waals surface area contributed by atoms with E-state index in [1.807, 2.05) is 42.5 Å². The minimum absolute atomic E-state index is 0.112. The van der Waals surface area contributed by atoms with Crippen molar-refractivity contribution >= 4 is 17.7 Å². The lowest BCUT2D eigenvalue weighted by Gasteiger charge is -2.39. The molecule has 2 atom stereocenters. The molecule has 0 aliphatic carbocycles. The Balaban J connectivity index is 1.41. The highest BCUT2D eigenvalue weighted by Crippen LogP contribution is 2.33. The molecule has 1 N–H and O–H groups in total. The number of aryl methyl sites for hydroxylation is 2. The number of hydrogen-bond donors (Lipinski definition) is 1. The van der Waals surface area contributed by atoms with Gasteiger partial charge < -0.3 is 34.1 Å². The SMILES string of the molecule is COCCCN1CC(=O)N[C@H]2CN(C(=O)c3ccnn3C)CC[C@H]2OCc2cccc(c2)Oc2ccc(cc2OC)CCC1=O. The number of piperidine rings is 1. The lowest BCUT2D eigenvalue weighted by Crippen LogP contribution is -2.58. The summed E-state index contributed by atoms with van der Waals surface area (Å²) < 4.78 is 24.9. The van der Waals surface area contributed by atoms with Crippen molar-refractivity contribution in [3.8, 4) is 17.2 Å². The van der Waals surface area contributed by atoms with Gasteiger partial charge in [0.1, 0.15) is 11.4 Å². The molecule has 2 aromatic carbocycles. The van der Waals surface area contributed by atoms with Crippen molar-refractivity contribution in [3.63, 3.8) is 0 Å². The number of nitrogens with zero attached hydrogens (tertiary/aromatic N) is 4. The van der Waals surface area contributed by atoms with Crippen molar-refractivity contribution in [1.29, 1.82) is 0 Å². The summed E-state index contributed by atoms with van der Waals surface area (Å²) >= 11 is 0. The van der Waals surface area contributed by atoms with Gasteiger partial charge in [0.15, 0.2) is 11.5 Å². The first kappa shape index (κ1) is 32.0. The Kier molecular flexibility index (Phi) is 10.7. The largest absolute Gasteiger partial charge is 0.493 e. The van der Waals surface area contributed by atoms with Crippen molar-refractivity contribution in [2.24, 2.45) is 7.05 Å². The Hall–Kier alpha value is -4.42. The molecule has 6 rings (SSSR count). The third-order valence-electron chi connectivity index (χ3n) is 8.13. The molecular formula is C33H41N5O7. The van der Waals surface area contributed by atoms with Gasteiger partial charge >= 0.3 is 0 Å². The molecule has 12 nitrogen and oxygen atoms in total. The number of nitrogens with one attached hydrogen (secondary N) is 1. The van der Waals surface area contributed by atoms with Gasteiger partial charge in [-0.05, 0) is 60.7 Å². The van der Waals surface area contributed by atoms with E-state index in [-0.39, 0.29) is 49.9 Å². The number of benzene rings is 2. The van der Waals surface area contributed by atoms with E-state index in [1.54, 1.807) is 43.3 Å². The van der Waals surface area contributed by atoms with Crippen LogP contribution in [-0.4, -0.2) is 96.5 Å². The van der Waals surface area contributed by atoms with Crippen LogP contribution in [0.5, 0.6) is 17.2 Å². The normalized spacial score (nSPS) is 19.5. The Morgan fingerprint density at radius 3 is 2.73 bits per heavy atom. The second-order valence-electron chi connectivity index (χ2n) is 11.3. The summed E-state index contributed by atoms with van der Waals surface area (Å²) in [6.45, 7) is 1.73. The molecule has 0 radical (unpaired) electrons. The fourth-order valence-electron chi connectivity index (χ4n) is 5.71. The van der Waals surface area contributed by atoms with E-state index in [0.29, 0.717) is 61.9 Å². The van der Waals surface area contributed by atoms with Crippen LogP contribution in [0.1, 0.15) is 40.9 Å². The molecule has 3 aliphatic rings. The number of fused-ring (bicyclic) bond motifs is 9. The summed E-state index contributed by atoms with van der Waals surface area (Å²) in [5, 5.41) is 7.22. The minimum atomic E-state index is -0.486. The second-order valence-corrected chi connectivity index (χ2v) is 11.3. The molecule has 1 aromatic heterocycles. The van der Waals surface area contributed by atoms with Crippen LogP contribution in [0.15, 0.2) is 54.7 Å². The zero-order chi connectivity index (χ0) is 31.8. The average Bonchev–Trinajstić information content (AvgIpc) is 3.48. The summed E-state index contributed by atoms with van der Waals surface area (Å²) in [5.74, 6) is 1.13. The van der Waals surface area contributed by atoms with Gasteiger partial charge in [-0.25, -0.2) is 0 Å². The highest BCUT2D eigenvalue weighted by molar-refractivity contribution is 5.92. The van der Waals surface area contributed by atoms with Gasteiger partial charge in [-0.15, -0.1) is 0 Å². The van der Waals surface area contributed by atoms with E-state index in [9.17, 15) is 14.4 Å². The Morgan fingerprint density at radius 2 is 1.96 bits per heavy atom. The molecule has 0 unspecified atom stereocenters. The van der Waals surface area contributed by atoms with Gasteiger partial charge in [0.25, 0.3) is 5.91 Å². The van der Waals surface area contributed by atoms with Crippen LogP contribution in [0.25, 0.3) is 0 Å². The smallest absolute Gasteiger partial charge is 0.272 e. The van der Waals surface area contributed by atoms with Crippen LogP contribution < -0.4 is 14.8 Å². The predicted octanol–water partition coefficient (Wildman–Crippen LogP) is 2.95. The molecule has 3 amide bonds. The molecule has 1 saturated heterocycles. The monoisotopic (exact) mass is 619 g/mol. The van der Waals surface area contributed by atoms with Crippen molar-refractivity contribution in [2.75, 3.05) is 47.0 Å². The number of aromatic nitrogens is 2. The molecule has 240 valence electrons. The van der Waals surface area contributed by atoms with Crippen LogP contribution in [0.4, 0.5) is 0 Å². The van der Waals surface area contributed by atoms with Crippen LogP contribution in [0, 0.1) is 0 Å². The molecule has 0 spiro atoms. The number of carbonyl (C=O) groups excluding carboxylic acids is 3. The standard InChI is InChI=1S/C33H41N5O7/c1-36-27(12-14-34-36)33(41)38-16-13-28-26(20-38)35-31(39)21-37(15-5-17-42-2)32(40)11-9-23-8-10-29(30(19-23)43-3)45-25-7-4-6-24(18-25)22-44-28/h4,6-8,10,12,14,18-19,26,28H,5,9,11,13,15-17,20-22H2,1-3H3,(H,35,39)/t26-,28+/m0/s1. The van der Waals surface area contributed by atoms with E-state index in [0.717, 1.165) is 11.1 Å². The maximum atomic E-state index is 13.5. The van der Waals surface area contributed by atoms with Gasteiger partial charge in [0.2, 0.25) is 11.8 Å². The lowest BCUT2D eigenvalue weighted by atomic mass is 10.0. The summed E-state index contributed by atoms with van der Waals surface area (Å²) in [6, 6.07) is 14.4. The van der Waals surface area contributed by atoms with Crippen LogP contribution >= 0.6 is 0 Å². The van der Waals surface area contributed by atoms with Gasteiger partial charge in [-0.1, -0.05) is 18.2 Å². The maximum absolute atomic E-state index is 13.5. The highest BCUT2D eigenvalue weighted by atomic mass is 16.5. The number of rotatable bonds is 6. The van der Waals surface area contributed by atoms with Crippen molar-refractivity contribution in [1.82, 2.24) is 24.9 Å². The van der Waals surface area contributed by atoms with E-state index in [2.05, 4.69) is 10.4 Å². The molecule has 1 fully saturated rings. The van der Waals surface area contributed by atoms with E-state index >= 15 is 0 Å². The van der Waals surface area contributed by atoms with Crippen molar-refractivity contribution in [3.05, 3.63) is 71.5 Å². The topological polar surface area (TPSA) is 124 Å². The van der Waals surface area contributed by atoms with Gasteiger partial charge in [0.05, 0.1) is 32.4 Å². The summed E-state index contributed by atoms with van der Waals surface area (Å²) in [6.07, 6.45) is 3.02. The summed E-state index contributed by atoms with van der Waals surface area (Å²) in [7, 11) is 4.91. The molecule has 4 bridgehead atoms. The summed E-state index contributed by atoms with van der Waals surface area (Å²) in [5.41, 5.74) is 2.28. The van der Waals surface area contributed by atoms with Gasteiger partial charge in [0, 0.05) is 53.0 Å². The summed E-state index contributed by atoms with van der Waals surface area (Å²) in [4.78, 5) is 43.5. The lowest BCUT2D eigenvalue weighted by molar-refractivity contribution is -0.137. The Bertz CT molecular complexity index is 1490. The van der Waals surface area contributed by atoms with Crippen LogP contribution in [0.3, 0.4) is 0 Å². The first-order valence-electron chi connectivity index (χ1n) is 15.2. The van der Waals surface area contributed by atoms with Gasteiger partial charge in [-0.2, -0.15) is 5.10 Å². The third-order valence-corrected chi connectivity index (χ3v) is 8.13. The molecular weight excluding hydrogens is 578 g/mol. The predicted molar refractivity (Wildman–Crippen MR) is 165 cm³/mol. The van der Waals surface area contributed by atoms with E-state index in [1.165, 1.54) is 4.68 Å². The second kappa shape index (κ2) is 15.0. The number of amides is 3. The highest BCUT2D eigenvalue weighted by Gasteiger charge is 2.35. The molecule has 3 aromatic rings. The van der Waals surface area contributed by atoms with E-state index < -0.39 is 6.04 Å². The first-order valence-corrected chi connectivity index (χ1v) is 15.2. The Labute approximate surface area is 263 Å².